The van der Waals surface area contributed by atoms with E-state index in [-0.39, 0.29) is 5.91 Å². The summed E-state index contributed by atoms with van der Waals surface area (Å²) in [5.74, 6) is 1.91. The number of aliphatic hydroxyl groups is 1. The third-order valence-electron chi connectivity index (χ3n) is 3.56. The Hall–Kier alpha value is -1.46. The lowest BCUT2D eigenvalue weighted by atomic mass is 10.0. The summed E-state index contributed by atoms with van der Waals surface area (Å²) >= 11 is 1.61. The van der Waals surface area contributed by atoms with Crippen LogP contribution in [-0.2, 0) is 11.2 Å². The zero-order valence-electron chi connectivity index (χ0n) is 11.1. The van der Waals surface area contributed by atoms with E-state index in [0.29, 0.717) is 25.1 Å². The van der Waals surface area contributed by atoms with Crippen molar-refractivity contribution in [3.8, 4) is 0 Å². The standard InChI is InChI=1S/C15H17NO3S/c17-14(15(18)6-8-20-10-15)16-7-5-12-9-11-3-1-2-4-13(11)19-12/h1-4,9,18H,5-8,10H2,(H,16,17). The van der Waals surface area contributed by atoms with Gasteiger partial charge in [-0.2, -0.15) is 11.8 Å². The highest BCUT2D eigenvalue weighted by Gasteiger charge is 2.39. The van der Waals surface area contributed by atoms with Crippen molar-refractivity contribution in [3.05, 3.63) is 36.1 Å². The van der Waals surface area contributed by atoms with Crippen molar-refractivity contribution in [1.82, 2.24) is 5.32 Å². The maximum Gasteiger partial charge on any atom is 0.252 e. The molecule has 1 unspecified atom stereocenters. The van der Waals surface area contributed by atoms with E-state index in [1.165, 1.54) is 0 Å². The fraction of sp³-hybridized carbons (Fsp3) is 0.400. The predicted molar refractivity (Wildman–Crippen MR) is 79.8 cm³/mol. The third kappa shape index (κ3) is 2.69. The molecule has 1 aromatic heterocycles. The first-order valence-corrected chi connectivity index (χ1v) is 7.89. The molecule has 106 valence electrons. The summed E-state index contributed by atoms with van der Waals surface area (Å²) in [7, 11) is 0. The van der Waals surface area contributed by atoms with Crippen LogP contribution in [0.25, 0.3) is 11.0 Å². The molecule has 4 nitrogen and oxygen atoms in total. The minimum Gasteiger partial charge on any atom is -0.461 e. The molecule has 1 amide bonds. The SMILES string of the molecule is O=C(NCCc1cc2ccccc2o1)C1(O)CCSC1. The average Bonchev–Trinajstić information content (AvgIpc) is 3.05. The van der Waals surface area contributed by atoms with Gasteiger partial charge >= 0.3 is 0 Å². The van der Waals surface area contributed by atoms with E-state index in [4.69, 9.17) is 4.42 Å². The normalized spacial score (nSPS) is 22.2. The molecule has 0 radical (unpaired) electrons. The van der Waals surface area contributed by atoms with Gasteiger partial charge < -0.3 is 14.8 Å². The van der Waals surface area contributed by atoms with Crippen LogP contribution in [0.2, 0.25) is 0 Å². The molecule has 1 atom stereocenters. The first kappa shape index (κ1) is 13.5. The zero-order valence-corrected chi connectivity index (χ0v) is 11.9. The van der Waals surface area contributed by atoms with Gasteiger partial charge in [-0.25, -0.2) is 0 Å². The second kappa shape index (κ2) is 5.50. The van der Waals surface area contributed by atoms with E-state index in [2.05, 4.69) is 5.32 Å². The number of para-hydroxylation sites is 1. The van der Waals surface area contributed by atoms with Crippen LogP contribution in [0.4, 0.5) is 0 Å². The first-order chi connectivity index (χ1) is 9.67. The Balaban J connectivity index is 1.56. The quantitative estimate of drug-likeness (QED) is 0.904. The largest absolute Gasteiger partial charge is 0.461 e. The van der Waals surface area contributed by atoms with Crippen molar-refractivity contribution >= 4 is 28.6 Å². The zero-order chi connectivity index (χ0) is 14.0. The second-order valence-electron chi connectivity index (χ2n) is 5.09. The van der Waals surface area contributed by atoms with Crippen LogP contribution < -0.4 is 5.32 Å². The number of nitrogens with one attached hydrogen (secondary N) is 1. The van der Waals surface area contributed by atoms with Crippen molar-refractivity contribution in [2.24, 2.45) is 0 Å². The van der Waals surface area contributed by atoms with Gasteiger partial charge in [0.25, 0.3) is 5.91 Å². The van der Waals surface area contributed by atoms with E-state index in [9.17, 15) is 9.90 Å². The molecule has 5 heteroatoms. The summed E-state index contributed by atoms with van der Waals surface area (Å²) in [4.78, 5) is 11.9. The smallest absolute Gasteiger partial charge is 0.252 e. The van der Waals surface area contributed by atoms with E-state index in [1.807, 2.05) is 30.3 Å². The number of carbonyl (C=O) groups is 1. The van der Waals surface area contributed by atoms with Gasteiger partial charge in [0, 0.05) is 24.1 Å². The molecular formula is C15H17NO3S. The van der Waals surface area contributed by atoms with Gasteiger partial charge in [-0.05, 0) is 24.3 Å². The number of rotatable bonds is 4. The summed E-state index contributed by atoms with van der Waals surface area (Å²) in [6.45, 7) is 0.478. The highest BCUT2D eigenvalue weighted by Crippen LogP contribution is 2.27. The van der Waals surface area contributed by atoms with Gasteiger partial charge in [-0.1, -0.05) is 18.2 Å². The molecule has 2 aromatic rings. The molecule has 1 aliphatic heterocycles. The molecule has 0 bridgehead atoms. The number of amides is 1. The van der Waals surface area contributed by atoms with Gasteiger partial charge in [0.1, 0.15) is 11.3 Å². The summed E-state index contributed by atoms with van der Waals surface area (Å²) in [5.41, 5.74) is -0.321. The maximum absolute atomic E-state index is 11.9. The van der Waals surface area contributed by atoms with Crippen LogP contribution >= 0.6 is 11.8 Å². The van der Waals surface area contributed by atoms with E-state index in [0.717, 1.165) is 22.5 Å². The number of furan rings is 1. The molecule has 1 aliphatic rings. The van der Waals surface area contributed by atoms with Gasteiger partial charge in [0.2, 0.25) is 0 Å². The summed E-state index contributed by atoms with van der Waals surface area (Å²) in [5, 5.41) is 14.0. The van der Waals surface area contributed by atoms with Crippen molar-refractivity contribution < 1.29 is 14.3 Å². The molecule has 0 saturated carbocycles. The van der Waals surface area contributed by atoms with E-state index < -0.39 is 5.60 Å². The number of hydrogen-bond donors (Lipinski definition) is 2. The molecule has 20 heavy (non-hydrogen) atoms. The van der Waals surface area contributed by atoms with Crippen molar-refractivity contribution in [2.45, 2.75) is 18.4 Å². The average molecular weight is 291 g/mol. The number of thioether (sulfide) groups is 1. The molecule has 1 fully saturated rings. The Morgan fingerprint density at radius 2 is 2.30 bits per heavy atom. The summed E-state index contributed by atoms with van der Waals surface area (Å²) < 4.78 is 5.68. The Labute approximate surface area is 121 Å². The number of hydrogen-bond acceptors (Lipinski definition) is 4. The number of benzene rings is 1. The summed E-state index contributed by atoms with van der Waals surface area (Å²) in [6.07, 6.45) is 1.16. The van der Waals surface area contributed by atoms with Crippen molar-refractivity contribution in [1.29, 1.82) is 0 Å². The Bertz CT molecular complexity index is 583. The monoisotopic (exact) mass is 291 g/mol. The Morgan fingerprint density at radius 1 is 1.45 bits per heavy atom. The minimum atomic E-state index is -1.18. The molecule has 3 rings (SSSR count). The fourth-order valence-electron chi connectivity index (χ4n) is 2.36. The van der Waals surface area contributed by atoms with Gasteiger partial charge in [-0.15, -0.1) is 0 Å². The lowest BCUT2D eigenvalue weighted by molar-refractivity contribution is -0.137. The van der Waals surface area contributed by atoms with Crippen molar-refractivity contribution in [3.63, 3.8) is 0 Å². The number of carbonyl (C=O) groups excluding carboxylic acids is 1. The molecule has 1 saturated heterocycles. The van der Waals surface area contributed by atoms with Crippen LogP contribution in [0, 0.1) is 0 Å². The first-order valence-electron chi connectivity index (χ1n) is 6.73. The van der Waals surface area contributed by atoms with Gasteiger partial charge in [0.05, 0.1) is 0 Å². The molecule has 2 N–H and O–H groups in total. The number of fused-ring (bicyclic) bond motifs is 1. The minimum absolute atomic E-state index is 0.265. The Kier molecular flexibility index (Phi) is 3.72. The fourth-order valence-corrected chi connectivity index (χ4v) is 3.60. The highest BCUT2D eigenvalue weighted by molar-refractivity contribution is 7.99. The van der Waals surface area contributed by atoms with E-state index >= 15 is 0 Å². The third-order valence-corrected chi connectivity index (χ3v) is 4.73. The lowest BCUT2D eigenvalue weighted by Crippen LogP contribution is -2.47. The second-order valence-corrected chi connectivity index (χ2v) is 6.20. The van der Waals surface area contributed by atoms with Crippen LogP contribution in [0.15, 0.2) is 34.7 Å². The van der Waals surface area contributed by atoms with Crippen LogP contribution in [0.1, 0.15) is 12.2 Å². The highest BCUT2D eigenvalue weighted by atomic mass is 32.2. The molecule has 0 spiro atoms. The predicted octanol–water partition coefficient (Wildman–Crippen LogP) is 1.96. The van der Waals surface area contributed by atoms with Crippen LogP contribution in [-0.4, -0.2) is 34.7 Å². The van der Waals surface area contributed by atoms with Crippen molar-refractivity contribution in [2.75, 3.05) is 18.1 Å². The van der Waals surface area contributed by atoms with Crippen LogP contribution in [0.3, 0.4) is 0 Å². The van der Waals surface area contributed by atoms with Crippen LogP contribution in [0.5, 0.6) is 0 Å². The van der Waals surface area contributed by atoms with Gasteiger partial charge in [-0.3, -0.25) is 4.79 Å². The molecule has 2 heterocycles. The lowest BCUT2D eigenvalue weighted by Gasteiger charge is -2.19. The maximum atomic E-state index is 11.9. The molecule has 1 aromatic carbocycles. The topological polar surface area (TPSA) is 62.5 Å². The summed E-state index contributed by atoms with van der Waals surface area (Å²) in [6, 6.07) is 9.82. The van der Waals surface area contributed by atoms with Gasteiger partial charge in [0.15, 0.2) is 5.60 Å². The molecule has 0 aliphatic carbocycles. The molecular weight excluding hydrogens is 274 g/mol. The van der Waals surface area contributed by atoms with E-state index in [1.54, 1.807) is 11.8 Å². The Morgan fingerprint density at radius 3 is 3.05 bits per heavy atom.